The SMILES string of the molecule is CCCNC(=O)Nc1ccc2c(c1)C(=O)N(C)C[C@H](OC)[C@@H](C)CN[C@@H](C)CO2. The second-order valence-electron chi connectivity index (χ2n) is 7.65. The molecule has 0 unspecified atom stereocenters. The lowest BCUT2D eigenvalue weighted by Crippen LogP contribution is -2.44. The van der Waals surface area contributed by atoms with Gasteiger partial charge < -0.3 is 30.3 Å². The molecule has 0 fully saturated rings. The molecule has 1 aromatic rings. The summed E-state index contributed by atoms with van der Waals surface area (Å²) in [5, 5.41) is 8.98. The standard InChI is InChI=1S/C21H34N4O4/c1-6-9-22-21(27)24-16-7-8-18-17(10-16)20(26)25(4)12-19(28-5)14(2)11-23-15(3)13-29-18/h7-8,10,14-15,19,23H,6,9,11-13H2,1-5H3,(H2,22,24,27)/t14-,15-,19-/m0/s1. The Morgan fingerprint density at radius 1 is 1.38 bits per heavy atom. The third-order valence-electron chi connectivity index (χ3n) is 5.02. The maximum absolute atomic E-state index is 13.2. The molecular weight excluding hydrogens is 372 g/mol. The van der Waals surface area contributed by atoms with Crippen LogP contribution in [0.25, 0.3) is 0 Å². The highest BCUT2D eigenvalue weighted by Gasteiger charge is 2.25. The number of methoxy groups -OCH3 is 1. The summed E-state index contributed by atoms with van der Waals surface area (Å²) in [6, 6.07) is 4.95. The molecule has 3 atom stereocenters. The highest BCUT2D eigenvalue weighted by atomic mass is 16.5. The molecule has 8 nitrogen and oxygen atoms in total. The van der Waals surface area contributed by atoms with E-state index in [0.29, 0.717) is 36.7 Å². The first kappa shape index (κ1) is 23.0. The average Bonchev–Trinajstić information content (AvgIpc) is 2.71. The zero-order valence-corrected chi connectivity index (χ0v) is 18.1. The van der Waals surface area contributed by atoms with Gasteiger partial charge in [0.25, 0.3) is 5.91 Å². The number of urea groups is 1. The smallest absolute Gasteiger partial charge is 0.319 e. The fourth-order valence-electron chi connectivity index (χ4n) is 3.15. The van der Waals surface area contributed by atoms with Crippen LogP contribution in [0.5, 0.6) is 5.75 Å². The Labute approximate surface area is 173 Å². The van der Waals surface area contributed by atoms with Crippen LogP contribution in [0.1, 0.15) is 37.6 Å². The van der Waals surface area contributed by atoms with Gasteiger partial charge in [-0.1, -0.05) is 13.8 Å². The van der Waals surface area contributed by atoms with Gasteiger partial charge in [0.15, 0.2) is 0 Å². The third-order valence-corrected chi connectivity index (χ3v) is 5.02. The van der Waals surface area contributed by atoms with Gasteiger partial charge in [-0.05, 0) is 37.5 Å². The first-order chi connectivity index (χ1) is 13.8. The number of benzene rings is 1. The van der Waals surface area contributed by atoms with Gasteiger partial charge in [-0.15, -0.1) is 0 Å². The molecule has 3 amide bonds. The highest BCUT2D eigenvalue weighted by molar-refractivity contribution is 5.99. The van der Waals surface area contributed by atoms with Gasteiger partial charge >= 0.3 is 6.03 Å². The highest BCUT2D eigenvalue weighted by Crippen LogP contribution is 2.25. The van der Waals surface area contributed by atoms with Gasteiger partial charge in [0.05, 0.1) is 11.7 Å². The summed E-state index contributed by atoms with van der Waals surface area (Å²) in [6.45, 7) is 8.37. The lowest BCUT2D eigenvalue weighted by molar-refractivity contribution is 0.0281. The molecule has 1 aliphatic rings. The number of nitrogens with one attached hydrogen (secondary N) is 3. The van der Waals surface area contributed by atoms with Crippen LogP contribution in [0, 0.1) is 5.92 Å². The minimum absolute atomic E-state index is 0.0893. The van der Waals surface area contributed by atoms with Crippen molar-refractivity contribution in [3.63, 3.8) is 0 Å². The monoisotopic (exact) mass is 406 g/mol. The predicted octanol–water partition coefficient (Wildman–Crippen LogP) is 2.31. The summed E-state index contributed by atoms with van der Waals surface area (Å²) in [6.07, 6.45) is 0.758. The lowest BCUT2D eigenvalue weighted by Gasteiger charge is -2.30. The number of likely N-dealkylation sites (N-methyl/N-ethyl adjacent to an activating group) is 1. The van der Waals surface area contributed by atoms with Gasteiger partial charge in [0.2, 0.25) is 0 Å². The minimum atomic E-state index is -0.298. The molecule has 0 spiro atoms. The number of hydrogen-bond acceptors (Lipinski definition) is 5. The Bertz CT molecular complexity index is 697. The van der Waals surface area contributed by atoms with Crippen LogP contribution in [0.15, 0.2) is 18.2 Å². The number of carbonyl (C=O) groups is 2. The van der Waals surface area contributed by atoms with E-state index in [0.717, 1.165) is 13.0 Å². The fraction of sp³-hybridized carbons (Fsp3) is 0.619. The van der Waals surface area contributed by atoms with E-state index < -0.39 is 0 Å². The van der Waals surface area contributed by atoms with E-state index in [-0.39, 0.29) is 30.0 Å². The van der Waals surface area contributed by atoms with Crippen LogP contribution in [-0.2, 0) is 4.74 Å². The molecule has 1 aliphatic heterocycles. The molecule has 0 bridgehead atoms. The van der Waals surface area contributed by atoms with Crippen molar-refractivity contribution >= 4 is 17.6 Å². The number of nitrogens with zero attached hydrogens (tertiary/aromatic N) is 1. The van der Waals surface area contributed by atoms with Crippen molar-refractivity contribution in [3.05, 3.63) is 23.8 Å². The molecule has 8 heteroatoms. The number of rotatable bonds is 4. The Hall–Kier alpha value is -2.32. The lowest BCUT2D eigenvalue weighted by atomic mass is 10.0. The van der Waals surface area contributed by atoms with Crippen LogP contribution in [-0.4, -0.2) is 69.4 Å². The average molecular weight is 407 g/mol. The molecule has 162 valence electrons. The summed E-state index contributed by atoms with van der Waals surface area (Å²) in [7, 11) is 3.42. The summed E-state index contributed by atoms with van der Waals surface area (Å²) in [5.41, 5.74) is 0.953. The Balaban J connectivity index is 2.29. The van der Waals surface area contributed by atoms with Crippen molar-refractivity contribution in [1.29, 1.82) is 0 Å². The Morgan fingerprint density at radius 3 is 2.83 bits per heavy atom. The normalized spacial score (nSPS) is 23.3. The zero-order chi connectivity index (χ0) is 21.4. The Morgan fingerprint density at radius 2 is 2.14 bits per heavy atom. The summed E-state index contributed by atoms with van der Waals surface area (Å²) in [5.74, 6) is 0.553. The predicted molar refractivity (Wildman–Crippen MR) is 114 cm³/mol. The molecule has 0 saturated heterocycles. The number of amides is 3. The zero-order valence-electron chi connectivity index (χ0n) is 18.1. The molecule has 0 aliphatic carbocycles. The molecule has 0 radical (unpaired) electrons. The number of anilines is 1. The van der Waals surface area contributed by atoms with Gasteiger partial charge in [-0.3, -0.25) is 4.79 Å². The second kappa shape index (κ2) is 11.0. The van der Waals surface area contributed by atoms with Crippen molar-refractivity contribution in [1.82, 2.24) is 15.5 Å². The first-order valence-corrected chi connectivity index (χ1v) is 10.2. The van der Waals surface area contributed by atoms with Gasteiger partial charge in [-0.25, -0.2) is 4.79 Å². The molecule has 2 rings (SSSR count). The molecule has 0 saturated carbocycles. The maximum atomic E-state index is 13.2. The quantitative estimate of drug-likeness (QED) is 0.714. The van der Waals surface area contributed by atoms with E-state index in [1.807, 2.05) is 13.8 Å². The van der Waals surface area contributed by atoms with Gasteiger partial charge in [0.1, 0.15) is 12.4 Å². The summed E-state index contributed by atoms with van der Waals surface area (Å²) < 4.78 is 11.6. The van der Waals surface area contributed by atoms with Gasteiger partial charge in [0, 0.05) is 45.5 Å². The molecule has 1 heterocycles. The van der Waals surface area contributed by atoms with Crippen molar-refractivity contribution < 1.29 is 19.1 Å². The van der Waals surface area contributed by atoms with E-state index in [4.69, 9.17) is 9.47 Å². The number of fused-ring (bicyclic) bond motifs is 1. The van der Waals surface area contributed by atoms with Crippen LogP contribution in [0.4, 0.5) is 10.5 Å². The molecular formula is C21H34N4O4. The summed E-state index contributed by atoms with van der Waals surface area (Å²) in [4.78, 5) is 26.8. The maximum Gasteiger partial charge on any atom is 0.319 e. The van der Waals surface area contributed by atoms with E-state index in [9.17, 15) is 9.59 Å². The topological polar surface area (TPSA) is 91.9 Å². The molecule has 3 N–H and O–H groups in total. The van der Waals surface area contributed by atoms with E-state index >= 15 is 0 Å². The number of carbonyl (C=O) groups excluding carboxylic acids is 2. The van der Waals surface area contributed by atoms with Crippen molar-refractivity contribution in [2.75, 3.05) is 45.7 Å². The van der Waals surface area contributed by atoms with Crippen molar-refractivity contribution in [2.45, 2.75) is 39.3 Å². The van der Waals surface area contributed by atoms with Crippen LogP contribution in [0.3, 0.4) is 0 Å². The van der Waals surface area contributed by atoms with Crippen LogP contribution < -0.4 is 20.7 Å². The Kier molecular flexibility index (Phi) is 8.72. The van der Waals surface area contributed by atoms with E-state index in [1.165, 1.54) is 0 Å². The van der Waals surface area contributed by atoms with Gasteiger partial charge in [-0.2, -0.15) is 0 Å². The largest absolute Gasteiger partial charge is 0.491 e. The molecule has 0 aromatic heterocycles. The van der Waals surface area contributed by atoms with Crippen LogP contribution in [0.2, 0.25) is 0 Å². The van der Waals surface area contributed by atoms with Crippen LogP contribution >= 0.6 is 0 Å². The first-order valence-electron chi connectivity index (χ1n) is 10.2. The van der Waals surface area contributed by atoms with Crippen molar-refractivity contribution in [3.8, 4) is 5.75 Å². The number of hydrogen-bond donors (Lipinski definition) is 3. The van der Waals surface area contributed by atoms with E-state index in [1.54, 1.807) is 37.3 Å². The fourth-order valence-corrected chi connectivity index (χ4v) is 3.15. The second-order valence-corrected chi connectivity index (χ2v) is 7.65. The molecule has 1 aromatic carbocycles. The van der Waals surface area contributed by atoms with Crippen molar-refractivity contribution in [2.24, 2.45) is 5.92 Å². The third kappa shape index (κ3) is 6.61. The van der Waals surface area contributed by atoms with E-state index in [2.05, 4.69) is 22.9 Å². The minimum Gasteiger partial charge on any atom is -0.491 e. The molecule has 29 heavy (non-hydrogen) atoms. The summed E-state index contributed by atoms with van der Waals surface area (Å²) >= 11 is 0. The number of ether oxygens (including phenoxy) is 2.